The molecule has 2 heterocycles. The third-order valence-corrected chi connectivity index (χ3v) is 20.0. The maximum absolute atomic E-state index is 2.80. The van der Waals surface area contributed by atoms with Crippen LogP contribution >= 0.6 is 11.3 Å². The van der Waals surface area contributed by atoms with E-state index in [-0.39, 0.29) is 0 Å². The summed E-state index contributed by atoms with van der Waals surface area (Å²) in [6.07, 6.45) is 0. The van der Waals surface area contributed by atoms with E-state index in [1.807, 2.05) is 11.3 Å². The molecule has 13 rings (SSSR count). The van der Waals surface area contributed by atoms with E-state index in [1.165, 1.54) is 91.0 Å². The Morgan fingerprint density at radius 1 is 0.368 bits per heavy atom. The second-order valence-corrected chi connectivity index (χ2v) is 22.4. The number of hydrogen-bond donors (Lipinski definition) is 0. The summed E-state index contributed by atoms with van der Waals surface area (Å²) in [4.78, 5) is 4.93. The van der Waals surface area contributed by atoms with Crippen molar-refractivity contribution in [1.82, 2.24) is 0 Å². The molecule has 1 aromatic heterocycles. The molecule has 68 heavy (non-hydrogen) atoms. The zero-order valence-electron chi connectivity index (χ0n) is 37.2. The van der Waals surface area contributed by atoms with Crippen molar-refractivity contribution in [3.8, 4) is 22.3 Å². The standard InChI is InChI=1S/C64H44N2SSi/c1-4-20-49(21-5-1)66-58-30-13-15-33-62(58)68(52-22-6-2-7-23-52,53-24-8-3-9-25-53)63-43-38-48(44-60(63)66)45-34-39-50(40-35-45)65(59-31-17-29-57-56-27-12-14-32-61(56)67-64(57)59)51-41-36-47(37-42-51)55-28-16-19-46-18-10-11-26-54(46)55/h1-44H. The van der Waals surface area contributed by atoms with Crippen molar-refractivity contribution in [1.29, 1.82) is 0 Å². The molecule has 0 fully saturated rings. The minimum Gasteiger partial charge on any atom is -0.311 e. The number of anilines is 6. The normalized spacial score (nSPS) is 12.8. The highest BCUT2D eigenvalue weighted by atomic mass is 32.1. The van der Waals surface area contributed by atoms with Crippen molar-refractivity contribution in [2.75, 3.05) is 9.80 Å². The smallest absolute Gasteiger partial charge is 0.184 e. The van der Waals surface area contributed by atoms with Crippen LogP contribution in [0.4, 0.5) is 34.1 Å². The zero-order chi connectivity index (χ0) is 45.0. The number of benzene rings is 11. The van der Waals surface area contributed by atoms with Crippen molar-refractivity contribution in [2.45, 2.75) is 0 Å². The SMILES string of the molecule is c1ccc(N2c3ccccc3[Si](c3ccccc3)(c3ccccc3)c3ccc(-c4ccc(N(c5ccc(-c6cccc7ccccc67)cc5)c5cccc6c5sc5ccccc56)cc4)cc32)cc1. The van der Waals surface area contributed by atoms with Crippen molar-refractivity contribution in [3.63, 3.8) is 0 Å². The predicted molar refractivity (Wildman–Crippen MR) is 294 cm³/mol. The van der Waals surface area contributed by atoms with Gasteiger partial charge in [-0.05, 0) is 114 Å². The molecule has 1 aliphatic heterocycles. The Morgan fingerprint density at radius 2 is 0.912 bits per heavy atom. The Bertz CT molecular complexity index is 3750. The Balaban J connectivity index is 0.970. The van der Waals surface area contributed by atoms with E-state index in [4.69, 9.17) is 0 Å². The molecule has 0 unspecified atom stereocenters. The molecule has 0 bridgehead atoms. The van der Waals surface area contributed by atoms with Gasteiger partial charge in [-0.15, -0.1) is 11.3 Å². The lowest BCUT2D eigenvalue weighted by molar-refractivity contribution is 1.29. The number of hydrogen-bond acceptors (Lipinski definition) is 3. The molecule has 0 atom stereocenters. The molecule has 0 N–H and O–H groups in total. The van der Waals surface area contributed by atoms with Crippen LogP contribution in [0.15, 0.2) is 267 Å². The topological polar surface area (TPSA) is 6.48 Å². The third kappa shape index (κ3) is 6.45. The van der Waals surface area contributed by atoms with Crippen LogP contribution in [0.25, 0.3) is 53.2 Å². The molecule has 0 amide bonds. The van der Waals surface area contributed by atoms with Crippen molar-refractivity contribution in [3.05, 3.63) is 267 Å². The lowest BCUT2D eigenvalue weighted by atomic mass is 9.98. The average molecular weight is 901 g/mol. The Hall–Kier alpha value is -8.28. The van der Waals surface area contributed by atoms with Crippen molar-refractivity contribution < 1.29 is 0 Å². The highest BCUT2D eigenvalue weighted by Gasteiger charge is 2.48. The molecular formula is C64H44N2SSi. The van der Waals surface area contributed by atoms with Crippen LogP contribution in [0.5, 0.6) is 0 Å². The summed E-state index contributed by atoms with van der Waals surface area (Å²) >= 11 is 1.87. The summed E-state index contributed by atoms with van der Waals surface area (Å²) in [5.74, 6) is 0. The van der Waals surface area contributed by atoms with Crippen LogP contribution in [0.3, 0.4) is 0 Å². The average Bonchev–Trinajstić information content (AvgIpc) is 3.81. The maximum atomic E-state index is 2.50. The molecule has 0 aliphatic carbocycles. The van der Waals surface area contributed by atoms with Gasteiger partial charge in [0.05, 0.1) is 10.4 Å². The van der Waals surface area contributed by atoms with Gasteiger partial charge in [0.2, 0.25) is 0 Å². The number of nitrogens with zero attached hydrogens (tertiary/aromatic N) is 2. The second-order valence-electron chi connectivity index (χ2n) is 17.6. The van der Waals surface area contributed by atoms with Gasteiger partial charge in [-0.2, -0.15) is 0 Å². The fourth-order valence-electron chi connectivity index (χ4n) is 10.9. The predicted octanol–water partition coefficient (Wildman–Crippen LogP) is 15.2. The van der Waals surface area contributed by atoms with Gasteiger partial charge in [-0.1, -0.05) is 206 Å². The van der Waals surface area contributed by atoms with Gasteiger partial charge in [0, 0.05) is 43.9 Å². The monoisotopic (exact) mass is 900 g/mol. The van der Waals surface area contributed by atoms with Gasteiger partial charge in [0.25, 0.3) is 0 Å². The van der Waals surface area contributed by atoms with Gasteiger partial charge in [0.15, 0.2) is 8.07 Å². The summed E-state index contributed by atoms with van der Waals surface area (Å²) in [7, 11) is -2.80. The quantitative estimate of drug-likeness (QED) is 0.140. The highest BCUT2D eigenvalue weighted by molar-refractivity contribution is 7.26. The Morgan fingerprint density at radius 3 is 1.65 bits per heavy atom. The van der Waals surface area contributed by atoms with E-state index in [1.54, 1.807) is 0 Å². The molecule has 0 spiro atoms. The fraction of sp³-hybridized carbons (Fsp3) is 0. The molecule has 0 saturated carbocycles. The largest absolute Gasteiger partial charge is 0.311 e. The second kappa shape index (κ2) is 16.5. The third-order valence-electron chi connectivity index (χ3n) is 13.9. The first-order valence-electron chi connectivity index (χ1n) is 23.3. The highest BCUT2D eigenvalue weighted by Crippen LogP contribution is 2.46. The molecular weight excluding hydrogens is 857 g/mol. The Kier molecular flexibility index (Phi) is 9.74. The summed E-state index contributed by atoms with van der Waals surface area (Å²) in [5.41, 5.74) is 11.8. The summed E-state index contributed by atoms with van der Waals surface area (Å²) in [6, 6.07) is 98.9. The first kappa shape index (κ1) is 40.0. The van der Waals surface area contributed by atoms with Crippen LogP contribution in [-0.2, 0) is 0 Å². The zero-order valence-corrected chi connectivity index (χ0v) is 39.0. The van der Waals surface area contributed by atoms with Crippen molar-refractivity contribution >= 4 is 105 Å². The number of rotatable bonds is 8. The van der Waals surface area contributed by atoms with Crippen LogP contribution in [-0.4, -0.2) is 8.07 Å². The fourth-order valence-corrected chi connectivity index (χ4v) is 17.2. The Labute approximate surface area is 401 Å². The number of para-hydroxylation sites is 2. The summed E-state index contributed by atoms with van der Waals surface area (Å²) in [5, 5.41) is 10.6. The van der Waals surface area contributed by atoms with E-state index >= 15 is 0 Å². The van der Waals surface area contributed by atoms with Gasteiger partial charge < -0.3 is 9.80 Å². The minimum absolute atomic E-state index is 1.11. The molecule has 2 nitrogen and oxygen atoms in total. The molecule has 1 aliphatic rings. The first-order chi connectivity index (χ1) is 33.7. The van der Waals surface area contributed by atoms with Gasteiger partial charge in [-0.25, -0.2) is 0 Å². The summed E-state index contributed by atoms with van der Waals surface area (Å²) < 4.78 is 2.57. The van der Waals surface area contributed by atoms with Crippen LogP contribution in [0.2, 0.25) is 0 Å². The maximum Gasteiger partial charge on any atom is 0.184 e. The lowest BCUT2D eigenvalue weighted by Crippen LogP contribution is -2.77. The molecule has 0 saturated heterocycles. The van der Waals surface area contributed by atoms with E-state index in [0.717, 1.165) is 17.1 Å². The van der Waals surface area contributed by atoms with Crippen LogP contribution < -0.4 is 30.5 Å². The molecule has 11 aromatic carbocycles. The number of fused-ring (bicyclic) bond motifs is 6. The van der Waals surface area contributed by atoms with Gasteiger partial charge in [-0.3, -0.25) is 0 Å². The van der Waals surface area contributed by atoms with Gasteiger partial charge >= 0.3 is 0 Å². The van der Waals surface area contributed by atoms with Gasteiger partial charge in [0.1, 0.15) is 0 Å². The van der Waals surface area contributed by atoms with E-state index < -0.39 is 8.07 Å². The lowest BCUT2D eigenvalue weighted by Gasteiger charge is -2.45. The van der Waals surface area contributed by atoms with Crippen LogP contribution in [0, 0.1) is 0 Å². The summed E-state index contributed by atoms with van der Waals surface area (Å²) in [6.45, 7) is 0. The van der Waals surface area contributed by atoms with E-state index in [2.05, 4.69) is 277 Å². The molecule has 4 heteroatoms. The van der Waals surface area contributed by atoms with Crippen molar-refractivity contribution in [2.24, 2.45) is 0 Å². The first-order valence-corrected chi connectivity index (χ1v) is 26.1. The number of thiophene rings is 1. The van der Waals surface area contributed by atoms with E-state index in [9.17, 15) is 0 Å². The van der Waals surface area contributed by atoms with E-state index in [0.29, 0.717) is 0 Å². The molecule has 0 radical (unpaired) electrons. The minimum atomic E-state index is -2.80. The van der Waals surface area contributed by atoms with Crippen LogP contribution in [0.1, 0.15) is 0 Å². The molecule has 12 aromatic rings. The molecule has 320 valence electrons.